The minimum absolute atomic E-state index is 0.504. The van der Waals surface area contributed by atoms with E-state index in [1.807, 2.05) is 24.3 Å². The highest BCUT2D eigenvalue weighted by atomic mass is 32.1. The fourth-order valence-electron chi connectivity index (χ4n) is 3.38. The number of para-hydroxylation sites is 1. The number of carboxylic acid groups (broad SMARTS) is 1. The van der Waals surface area contributed by atoms with Gasteiger partial charge < -0.3 is 9.84 Å². The number of hydrogen-bond donors (Lipinski definition) is 1. The summed E-state index contributed by atoms with van der Waals surface area (Å²) in [5, 5.41) is 11.3. The number of methoxy groups -OCH3 is 1. The molecule has 0 aliphatic carbocycles. The van der Waals surface area contributed by atoms with Gasteiger partial charge >= 0.3 is 5.97 Å². The molecule has 0 radical (unpaired) electrons. The van der Waals surface area contributed by atoms with Gasteiger partial charge in [0.15, 0.2) is 0 Å². The fourth-order valence-corrected chi connectivity index (χ4v) is 4.37. The first kappa shape index (κ1) is 19.4. The van der Waals surface area contributed by atoms with Crippen molar-refractivity contribution in [3.05, 3.63) is 69.4 Å². The largest absolute Gasteiger partial charge is 0.496 e. The minimum atomic E-state index is -0.806. The molecule has 0 saturated heterocycles. The lowest BCUT2D eigenvalue weighted by atomic mass is 9.99. The first-order valence-electron chi connectivity index (χ1n) is 9.13. The second kappa shape index (κ2) is 9.02. The quantitative estimate of drug-likeness (QED) is 0.759. The third-order valence-corrected chi connectivity index (χ3v) is 5.85. The van der Waals surface area contributed by atoms with E-state index >= 15 is 0 Å². The molecule has 27 heavy (non-hydrogen) atoms. The lowest BCUT2D eigenvalue weighted by Gasteiger charge is -2.25. The van der Waals surface area contributed by atoms with E-state index in [-0.39, 0.29) is 0 Å². The number of rotatable bonds is 7. The van der Waals surface area contributed by atoms with Crippen molar-refractivity contribution < 1.29 is 14.6 Å². The molecule has 0 atom stereocenters. The molecule has 1 aliphatic heterocycles. The molecular formula is C22H25NO3S. The number of ether oxygens (including phenoxy) is 1. The summed E-state index contributed by atoms with van der Waals surface area (Å²) in [4.78, 5) is 14.7. The average molecular weight is 384 g/mol. The monoisotopic (exact) mass is 383 g/mol. The van der Waals surface area contributed by atoms with Crippen molar-refractivity contribution in [1.82, 2.24) is 4.90 Å². The van der Waals surface area contributed by atoms with E-state index in [0.717, 1.165) is 37.2 Å². The molecule has 0 spiro atoms. The minimum Gasteiger partial charge on any atom is -0.496 e. The van der Waals surface area contributed by atoms with Crippen molar-refractivity contribution in [1.29, 1.82) is 0 Å². The Hall–Kier alpha value is -2.37. The SMILES string of the molecule is COc1ccccc1C(=CCCN1CCC=C(C(=O)O)C1)c1sccc1C. The predicted molar refractivity (Wildman–Crippen MR) is 111 cm³/mol. The fraction of sp³-hybridized carbons (Fsp3) is 0.318. The Morgan fingerprint density at radius 3 is 2.85 bits per heavy atom. The first-order chi connectivity index (χ1) is 13.1. The Morgan fingerprint density at radius 1 is 1.33 bits per heavy atom. The van der Waals surface area contributed by atoms with Gasteiger partial charge in [0.2, 0.25) is 0 Å². The second-order valence-electron chi connectivity index (χ2n) is 6.64. The Kier molecular flexibility index (Phi) is 6.48. The average Bonchev–Trinajstić information content (AvgIpc) is 3.11. The Labute approximate surface area is 164 Å². The highest BCUT2D eigenvalue weighted by Gasteiger charge is 2.17. The van der Waals surface area contributed by atoms with Crippen LogP contribution in [0.1, 0.15) is 28.8 Å². The van der Waals surface area contributed by atoms with Crippen LogP contribution < -0.4 is 4.74 Å². The molecule has 2 aromatic rings. The summed E-state index contributed by atoms with van der Waals surface area (Å²) < 4.78 is 5.58. The number of carbonyl (C=O) groups is 1. The molecular weight excluding hydrogens is 358 g/mol. The van der Waals surface area contributed by atoms with E-state index in [4.69, 9.17) is 4.74 Å². The number of hydrogen-bond acceptors (Lipinski definition) is 4. The van der Waals surface area contributed by atoms with E-state index < -0.39 is 5.97 Å². The summed E-state index contributed by atoms with van der Waals surface area (Å²) in [6, 6.07) is 10.2. The molecule has 0 unspecified atom stereocenters. The summed E-state index contributed by atoms with van der Waals surface area (Å²) in [7, 11) is 1.70. The zero-order chi connectivity index (χ0) is 19.2. The van der Waals surface area contributed by atoms with E-state index in [1.165, 1.54) is 16.0 Å². The van der Waals surface area contributed by atoms with Crippen LogP contribution in [0, 0.1) is 6.92 Å². The standard InChI is InChI=1S/C22H25NO3S/c1-16-11-14-27-21(16)19(18-8-3-4-10-20(18)26-2)9-6-13-23-12-5-7-17(15-23)22(24)25/h3-4,7-11,14H,5-6,12-13,15H2,1-2H3,(H,24,25). The molecule has 142 valence electrons. The molecule has 1 aliphatic rings. The van der Waals surface area contributed by atoms with Gasteiger partial charge in [0.1, 0.15) is 5.75 Å². The molecule has 0 fully saturated rings. The third-order valence-electron chi connectivity index (χ3n) is 4.80. The number of carboxylic acids is 1. The van der Waals surface area contributed by atoms with Crippen LogP contribution in [0.4, 0.5) is 0 Å². The maximum atomic E-state index is 11.2. The first-order valence-corrected chi connectivity index (χ1v) is 10.0. The van der Waals surface area contributed by atoms with Gasteiger partial charge in [-0.2, -0.15) is 0 Å². The molecule has 4 nitrogen and oxygen atoms in total. The van der Waals surface area contributed by atoms with Gasteiger partial charge in [-0.15, -0.1) is 11.3 Å². The van der Waals surface area contributed by atoms with E-state index in [0.29, 0.717) is 12.1 Å². The molecule has 1 aromatic heterocycles. The van der Waals surface area contributed by atoms with Crippen molar-refractivity contribution >= 4 is 22.9 Å². The number of aliphatic carboxylic acids is 1. The van der Waals surface area contributed by atoms with Crippen LogP contribution in [0.3, 0.4) is 0 Å². The van der Waals surface area contributed by atoms with Crippen molar-refractivity contribution in [3.8, 4) is 5.75 Å². The van der Waals surface area contributed by atoms with Gasteiger partial charge in [-0.3, -0.25) is 4.90 Å². The van der Waals surface area contributed by atoms with Crippen LogP contribution in [-0.4, -0.2) is 42.7 Å². The highest BCUT2D eigenvalue weighted by molar-refractivity contribution is 7.11. The summed E-state index contributed by atoms with van der Waals surface area (Å²) in [5.41, 5.74) is 4.04. The molecule has 0 amide bonds. The van der Waals surface area contributed by atoms with Crippen LogP contribution >= 0.6 is 11.3 Å². The number of thiophene rings is 1. The third kappa shape index (κ3) is 4.67. The zero-order valence-electron chi connectivity index (χ0n) is 15.8. The van der Waals surface area contributed by atoms with Crippen LogP contribution in [0.5, 0.6) is 5.75 Å². The highest BCUT2D eigenvalue weighted by Crippen LogP contribution is 2.35. The van der Waals surface area contributed by atoms with Crippen molar-refractivity contribution in [2.24, 2.45) is 0 Å². The molecule has 2 heterocycles. The van der Waals surface area contributed by atoms with Gasteiger partial charge in [0, 0.05) is 35.6 Å². The molecule has 1 N–H and O–H groups in total. The van der Waals surface area contributed by atoms with Crippen LogP contribution in [0.2, 0.25) is 0 Å². The Bertz CT molecular complexity index is 866. The number of aryl methyl sites for hydroxylation is 1. The van der Waals surface area contributed by atoms with Gasteiger partial charge in [0.05, 0.1) is 7.11 Å². The summed E-state index contributed by atoms with van der Waals surface area (Å²) in [5.74, 6) is 0.0600. The zero-order valence-corrected chi connectivity index (χ0v) is 16.6. The van der Waals surface area contributed by atoms with Crippen molar-refractivity contribution in [2.75, 3.05) is 26.7 Å². The van der Waals surface area contributed by atoms with Gasteiger partial charge in [-0.05, 0) is 48.4 Å². The van der Waals surface area contributed by atoms with E-state index in [1.54, 1.807) is 18.4 Å². The van der Waals surface area contributed by atoms with E-state index in [9.17, 15) is 9.90 Å². The molecule has 1 aromatic carbocycles. The lowest BCUT2D eigenvalue weighted by molar-refractivity contribution is -0.133. The second-order valence-corrected chi connectivity index (χ2v) is 7.55. The maximum Gasteiger partial charge on any atom is 0.332 e. The topological polar surface area (TPSA) is 49.8 Å². The van der Waals surface area contributed by atoms with Crippen molar-refractivity contribution in [2.45, 2.75) is 19.8 Å². The number of nitrogens with zero attached hydrogens (tertiary/aromatic N) is 1. The van der Waals surface area contributed by atoms with Crippen molar-refractivity contribution in [3.63, 3.8) is 0 Å². The van der Waals surface area contributed by atoms with Gasteiger partial charge in [-0.1, -0.05) is 30.4 Å². The van der Waals surface area contributed by atoms with Crippen LogP contribution in [0.15, 0.2) is 53.4 Å². The lowest BCUT2D eigenvalue weighted by Crippen LogP contribution is -2.32. The van der Waals surface area contributed by atoms with Gasteiger partial charge in [0.25, 0.3) is 0 Å². The maximum absolute atomic E-state index is 11.2. The predicted octanol–water partition coefficient (Wildman–Crippen LogP) is 4.60. The molecule has 0 bridgehead atoms. The summed E-state index contributed by atoms with van der Waals surface area (Å²) >= 11 is 1.74. The van der Waals surface area contributed by atoms with E-state index in [2.05, 4.69) is 35.4 Å². The smallest absolute Gasteiger partial charge is 0.332 e. The van der Waals surface area contributed by atoms with Crippen LogP contribution in [0.25, 0.3) is 5.57 Å². The number of benzene rings is 1. The Morgan fingerprint density at radius 2 is 2.15 bits per heavy atom. The summed E-state index contributed by atoms with van der Waals surface area (Å²) in [6.45, 7) is 4.40. The summed E-state index contributed by atoms with van der Waals surface area (Å²) in [6.07, 6.45) is 5.76. The molecule has 3 rings (SSSR count). The normalized spacial score (nSPS) is 15.5. The molecule has 0 saturated carbocycles. The van der Waals surface area contributed by atoms with Crippen LogP contribution in [-0.2, 0) is 4.79 Å². The van der Waals surface area contributed by atoms with Gasteiger partial charge in [-0.25, -0.2) is 4.79 Å². The Balaban J connectivity index is 1.81. The molecule has 5 heteroatoms.